The highest BCUT2D eigenvalue weighted by atomic mass is 32.1. The normalized spacial score (nSPS) is 13.5. The molecule has 0 aliphatic carbocycles. The van der Waals surface area contributed by atoms with Crippen molar-refractivity contribution in [1.82, 2.24) is 14.7 Å². The van der Waals surface area contributed by atoms with Gasteiger partial charge in [0.15, 0.2) is 4.96 Å². The Kier molecular flexibility index (Phi) is 3.38. The number of imidazole rings is 1. The van der Waals surface area contributed by atoms with E-state index < -0.39 is 0 Å². The van der Waals surface area contributed by atoms with E-state index in [9.17, 15) is 0 Å². The molecule has 0 bridgehead atoms. The highest BCUT2D eigenvalue weighted by Gasteiger charge is 2.07. The number of rotatable bonds is 5. The molecule has 2 heterocycles. The van der Waals surface area contributed by atoms with Crippen molar-refractivity contribution in [3.05, 3.63) is 23.5 Å². The van der Waals surface area contributed by atoms with Gasteiger partial charge in [0.1, 0.15) is 0 Å². The summed E-state index contributed by atoms with van der Waals surface area (Å²) in [6.07, 6.45) is 6.49. The maximum absolute atomic E-state index is 4.58. The number of nitrogens with zero attached hydrogens (tertiary/aromatic N) is 2. The minimum atomic E-state index is 0.696. The summed E-state index contributed by atoms with van der Waals surface area (Å²) in [5, 5.41) is 5.25. The zero-order valence-electron chi connectivity index (χ0n) is 9.23. The van der Waals surface area contributed by atoms with Crippen LogP contribution >= 0.6 is 11.3 Å². The van der Waals surface area contributed by atoms with Gasteiger partial charge in [-0.25, -0.2) is 4.98 Å². The predicted molar refractivity (Wildman–Crippen MR) is 64.5 cm³/mol. The van der Waals surface area contributed by atoms with Crippen LogP contribution in [0.5, 0.6) is 0 Å². The first-order chi connectivity index (χ1) is 7.29. The summed E-state index contributed by atoms with van der Waals surface area (Å²) in [7, 11) is 2.00. The van der Waals surface area contributed by atoms with Gasteiger partial charge in [0.05, 0.1) is 5.69 Å². The molecule has 0 aliphatic rings. The Hall–Kier alpha value is -0.870. The summed E-state index contributed by atoms with van der Waals surface area (Å²) >= 11 is 1.69. The molecule has 0 radical (unpaired) electrons. The fraction of sp³-hybridized carbons (Fsp3) is 0.545. The summed E-state index contributed by atoms with van der Waals surface area (Å²) in [5.74, 6) is 0.696. The van der Waals surface area contributed by atoms with Crippen LogP contribution in [-0.4, -0.2) is 23.0 Å². The van der Waals surface area contributed by atoms with Gasteiger partial charge in [0.25, 0.3) is 0 Å². The molecule has 15 heavy (non-hydrogen) atoms. The lowest BCUT2D eigenvalue weighted by Gasteiger charge is -2.08. The first-order valence-electron chi connectivity index (χ1n) is 5.35. The van der Waals surface area contributed by atoms with E-state index >= 15 is 0 Å². The van der Waals surface area contributed by atoms with Crippen molar-refractivity contribution in [3.63, 3.8) is 0 Å². The van der Waals surface area contributed by atoms with Crippen molar-refractivity contribution in [2.45, 2.75) is 19.8 Å². The molecule has 2 aromatic rings. The zero-order chi connectivity index (χ0) is 10.7. The van der Waals surface area contributed by atoms with Gasteiger partial charge in [-0.3, -0.25) is 4.40 Å². The Morgan fingerprint density at radius 2 is 2.47 bits per heavy atom. The second-order valence-corrected chi connectivity index (χ2v) is 4.90. The van der Waals surface area contributed by atoms with Gasteiger partial charge in [-0.1, -0.05) is 6.92 Å². The van der Waals surface area contributed by atoms with Crippen LogP contribution in [0.3, 0.4) is 0 Å². The standard InChI is InChI=1S/C11H17N3S/c1-9(3-4-12-2)7-10-8-14-5-6-15-11(14)13-10/h5-6,8-9,12H,3-4,7H2,1-2H3. The molecule has 0 aliphatic heterocycles. The molecule has 0 fully saturated rings. The molecular weight excluding hydrogens is 206 g/mol. The number of hydrogen-bond donors (Lipinski definition) is 1. The lowest BCUT2D eigenvalue weighted by molar-refractivity contribution is 0.510. The van der Waals surface area contributed by atoms with Gasteiger partial charge >= 0.3 is 0 Å². The molecule has 1 unspecified atom stereocenters. The lowest BCUT2D eigenvalue weighted by atomic mass is 10.0. The number of aromatic nitrogens is 2. The highest BCUT2D eigenvalue weighted by Crippen LogP contribution is 2.15. The largest absolute Gasteiger partial charge is 0.320 e. The molecule has 82 valence electrons. The van der Waals surface area contributed by atoms with E-state index in [0.29, 0.717) is 5.92 Å². The van der Waals surface area contributed by atoms with Gasteiger partial charge in [0.2, 0.25) is 0 Å². The number of nitrogens with one attached hydrogen (secondary N) is 1. The summed E-state index contributed by atoms with van der Waals surface area (Å²) in [4.78, 5) is 5.68. The summed E-state index contributed by atoms with van der Waals surface area (Å²) in [5.41, 5.74) is 1.21. The average molecular weight is 223 g/mol. The number of hydrogen-bond acceptors (Lipinski definition) is 3. The van der Waals surface area contributed by atoms with E-state index in [1.165, 1.54) is 12.1 Å². The molecule has 1 N–H and O–H groups in total. The van der Waals surface area contributed by atoms with Gasteiger partial charge in [-0.2, -0.15) is 0 Å². The van der Waals surface area contributed by atoms with Crippen molar-refractivity contribution >= 4 is 16.3 Å². The Morgan fingerprint density at radius 1 is 1.60 bits per heavy atom. The average Bonchev–Trinajstić information content (AvgIpc) is 2.74. The first-order valence-corrected chi connectivity index (χ1v) is 6.23. The molecular formula is C11H17N3S. The van der Waals surface area contributed by atoms with Crippen LogP contribution in [0, 0.1) is 5.92 Å². The quantitative estimate of drug-likeness (QED) is 0.842. The van der Waals surface area contributed by atoms with E-state index in [4.69, 9.17) is 0 Å². The van der Waals surface area contributed by atoms with Crippen LogP contribution < -0.4 is 5.32 Å². The maximum Gasteiger partial charge on any atom is 0.193 e. The Balaban J connectivity index is 1.96. The third-order valence-electron chi connectivity index (χ3n) is 2.59. The predicted octanol–water partition coefficient (Wildman–Crippen LogP) is 2.18. The Morgan fingerprint density at radius 3 is 3.20 bits per heavy atom. The Bertz CT molecular complexity index is 390. The van der Waals surface area contributed by atoms with E-state index in [1.54, 1.807) is 11.3 Å². The van der Waals surface area contributed by atoms with Crippen molar-refractivity contribution < 1.29 is 0 Å². The SMILES string of the molecule is CNCCC(C)Cc1cn2ccsc2n1. The molecule has 0 saturated heterocycles. The van der Waals surface area contributed by atoms with Crippen LogP contribution in [-0.2, 0) is 6.42 Å². The molecule has 1 atom stereocenters. The van der Waals surface area contributed by atoms with Crippen molar-refractivity contribution in [2.24, 2.45) is 5.92 Å². The molecule has 0 saturated carbocycles. The smallest absolute Gasteiger partial charge is 0.193 e. The zero-order valence-corrected chi connectivity index (χ0v) is 10.0. The molecule has 3 nitrogen and oxygen atoms in total. The monoisotopic (exact) mass is 223 g/mol. The van der Waals surface area contributed by atoms with Gasteiger partial charge < -0.3 is 5.32 Å². The molecule has 0 aromatic carbocycles. The van der Waals surface area contributed by atoms with Crippen LogP contribution in [0.2, 0.25) is 0 Å². The third-order valence-corrected chi connectivity index (χ3v) is 3.36. The maximum atomic E-state index is 4.58. The van der Waals surface area contributed by atoms with E-state index in [0.717, 1.165) is 17.9 Å². The van der Waals surface area contributed by atoms with Gasteiger partial charge in [0, 0.05) is 17.8 Å². The molecule has 0 spiro atoms. The van der Waals surface area contributed by atoms with Gasteiger partial charge in [-0.15, -0.1) is 11.3 Å². The molecule has 2 rings (SSSR count). The van der Waals surface area contributed by atoms with Crippen molar-refractivity contribution in [3.8, 4) is 0 Å². The minimum Gasteiger partial charge on any atom is -0.320 e. The van der Waals surface area contributed by atoms with Crippen LogP contribution in [0.1, 0.15) is 19.0 Å². The van der Waals surface area contributed by atoms with Gasteiger partial charge in [-0.05, 0) is 32.4 Å². The van der Waals surface area contributed by atoms with E-state index in [-0.39, 0.29) is 0 Å². The number of fused-ring (bicyclic) bond motifs is 1. The lowest BCUT2D eigenvalue weighted by Crippen LogP contribution is -2.12. The summed E-state index contributed by atoms with van der Waals surface area (Å²) in [6.45, 7) is 3.37. The topological polar surface area (TPSA) is 29.3 Å². The van der Waals surface area contributed by atoms with Crippen LogP contribution in [0.25, 0.3) is 4.96 Å². The fourth-order valence-corrected chi connectivity index (χ4v) is 2.44. The van der Waals surface area contributed by atoms with Crippen LogP contribution in [0.4, 0.5) is 0 Å². The second kappa shape index (κ2) is 4.77. The third kappa shape index (κ3) is 2.58. The highest BCUT2D eigenvalue weighted by molar-refractivity contribution is 7.15. The minimum absolute atomic E-state index is 0.696. The van der Waals surface area contributed by atoms with E-state index in [2.05, 4.69) is 39.4 Å². The molecule has 4 heteroatoms. The first kappa shape index (κ1) is 10.6. The van der Waals surface area contributed by atoms with E-state index in [1.807, 2.05) is 7.05 Å². The van der Waals surface area contributed by atoms with Crippen molar-refractivity contribution in [2.75, 3.05) is 13.6 Å². The van der Waals surface area contributed by atoms with Crippen LogP contribution in [0.15, 0.2) is 17.8 Å². The molecule has 0 amide bonds. The fourth-order valence-electron chi connectivity index (χ4n) is 1.72. The molecule has 2 aromatic heterocycles. The Labute approximate surface area is 94.1 Å². The summed E-state index contributed by atoms with van der Waals surface area (Å²) in [6, 6.07) is 0. The summed E-state index contributed by atoms with van der Waals surface area (Å²) < 4.78 is 2.10. The second-order valence-electron chi connectivity index (χ2n) is 4.03. The number of thiazole rings is 1. The van der Waals surface area contributed by atoms with Crippen molar-refractivity contribution in [1.29, 1.82) is 0 Å².